The van der Waals surface area contributed by atoms with Crippen LogP contribution in [0.5, 0.6) is 11.5 Å². The number of carbonyl (C=O) groups is 1. The molecule has 8 heteroatoms. The monoisotopic (exact) mass is 482 g/mol. The molecule has 1 atom stereocenters. The van der Waals surface area contributed by atoms with E-state index in [9.17, 15) is 13.2 Å². The summed E-state index contributed by atoms with van der Waals surface area (Å²) in [6.45, 7) is 3.48. The number of nitrogens with one attached hydrogen (secondary N) is 1. The Morgan fingerprint density at radius 1 is 0.941 bits per heavy atom. The number of aryl methyl sites for hydroxylation is 1. The minimum absolute atomic E-state index is 0.0786. The first-order valence-corrected chi connectivity index (χ1v) is 12.3. The second kappa shape index (κ2) is 11.2. The van der Waals surface area contributed by atoms with E-state index in [1.54, 1.807) is 50.6 Å². The molecular weight excluding hydrogens is 452 g/mol. The van der Waals surface area contributed by atoms with Crippen molar-refractivity contribution in [1.29, 1.82) is 0 Å². The van der Waals surface area contributed by atoms with Crippen molar-refractivity contribution in [3.8, 4) is 11.5 Å². The maximum absolute atomic E-state index is 13.4. The lowest BCUT2D eigenvalue weighted by atomic mass is 10.1. The lowest BCUT2D eigenvalue weighted by Gasteiger charge is -2.23. The highest BCUT2D eigenvalue weighted by Gasteiger charge is 2.27. The zero-order chi connectivity index (χ0) is 24.7. The molecular formula is C26H30N2O5S. The molecule has 0 saturated heterocycles. The van der Waals surface area contributed by atoms with Crippen LogP contribution in [0.4, 0.5) is 0 Å². The minimum atomic E-state index is -3.90. The number of hydrogen-bond acceptors (Lipinski definition) is 5. The molecule has 0 aliphatic rings. The summed E-state index contributed by atoms with van der Waals surface area (Å²) in [7, 11) is -0.797. The molecule has 0 radical (unpaired) electrons. The van der Waals surface area contributed by atoms with E-state index in [4.69, 9.17) is 9.47 Å². The lowest BCUT2D eigenvalue weighted by Crippen LogP contribution is -2.41. The Labute approximate surface area is 201 Å². The molecule has 7 nitrogen and oxygen atoms in total. The number of nitrogens with zero attached hydrogens (tertiary/aromatic N) is 1. The first-order valence-electron chi connectivity index (χ1n) is 10.9. The van der Waals surface area contributed by atoms with Gasteiger partial charge in [0.15, 0.2) is 11.5 Å². The summed E-state index contributed by atoms with van der Waals surface area (Å²) in [5, 5.41) is 2.89. The summed E-state index contributed by atoms with van der Waals surface area (Å²) in [6.07, 6.45) is 0. The normalized spacial score (nSPS) is 12.3. The fourth-order valence-corrected chi connectivity index (χ4v) is 4.91. The summed E-state index contributed by atoms with van der Waals surface area (Å²) in [5.41, 5.74) is 2.55. The van der Waals surface area contributed by atoms with Crippen LogP contribution in [0.2, 0.25) is 0 Å². The Balaban J connectivity index is 1.81. The number of sulfonamides is 1. The van der Waals surface area contributed by atoms with Gasteiger partial charge in [-0.2, -0.15) is 4.31 Å². The summed E-state index contributed by atoms with van der Waals surface area (Å²) in [5.74, 6) is 0.727. The van der Waals surface area contributed by atoms with Crippen LogP contribution in [0.25, 0.3) is 0 Å². The molecule has 3 rings (SSSR count). The number of hydrogen-bond donors (Lipinski definition) is 1. The predicted molar refractivity (Wildman–Crippen MR) is 131 cm³/mol. The van der Waals surface area contributed by atoms with Gasteiger partial charge >= 0.3 is 0 Å². The molecule has 0 heterocycles. The highest BCUT2D eigenvalue weighted by molar-refractivity contribution is 7.89. The molecule has 0 fully saturated rings. The van der Waals surface area contributed by atoms with E-state index in [1.165, 1.54) is 4.31 Å². The van der Waals surface area contributed by atoms with Gasteiger partial charge < -0.3 is 14.8 Å². The standard InChI is InChI=1S/C26H30N2O5S/c1-19-10-13-23(14-11-19)34(30,31)28(17-21-8-6-5-7-9-21)18-26(29)27-20(2)22-12-15-24(32-3)25(16-22)33-4/h5-16,20H,17-18H2,1-4H3,(H,27,29). The van der Waals surface area contributed by atoms with Gasteiger partial charge in [-0.3, -0.25) is 4.79 Å². The van der Waals surface area contributed by atoms with Gasteiger partial charge in [-0.15, -0.1) is 0 Å². The average molecular weight is 483 g/mol. The molecule has 0 saturated carbocycles. The van der Waals surface area contributed by atoms with Crippen molar-refractivity contribution in [1.82, 2.24) is 9.62 Å². The lowest BCUT2D eigenvalue weighted by molar-refractivity contribution is -0.122. The van der Waals surface area contributed by atoms with Crippen LogP contribution in [-0.4, -0.2) is 39.4 Å². The van der Waals surface area contributed by atoms with Gasteiger partial charge in [-0.05, 0) is 49.2 Å². The molecule has 3 aromatic rings. The Bertz CT molecular complexity index is 1210. The predicted octanol–water partition coefficient (Wildman–Crippen LogP) is 4.08. The first-order chi connectivity index (χ1) is 16.2. The van der Waals surface area contributed by atoms with Crippen molar-refractivity contribution in [2.45, 2.75) is 31.3 Å². The summed E-state index contributed by atoms with van der Waals surface area (Å²) in [4.78, 5) is 13.1. The number of ether oxygens (including phenoxy) is 2. The van der Waals surface area contributed by atoms with Crippen molar-refractivity contribution < 1.29 is 22.7 Å². The average Bonchev–Trinajstić information content (AvgIpc) is 2.84. The van der Waals surface area contributed by atoms with Crippen molar-refractivity contribution in [2.75, 3.05) is 20.8 Å². The summed E-state index contributed by atoms with van der Waals surface area (Å²) in [6, 6.07) is 20.8. The van der Waals surface area contributed by atoms with Crippen LogP contribution >= 0.6 is 0 Å². The fraction of sp³-hybridized carbons (Fsp3) is 0.269. The zero-order valence-corrected chi connectivity index (χ0v) is 20.6. The van der Waals surface area contributed by atoms with E-state index in [0.717, 1.165) is 16.7 Å². The van der Waals surface area contributed by atoms with Crippen molar-refractivity contribution in [3.05, 3.63) is 89.5 Å². The van der Waals surface area contributed by atoms with Crippen LogP contribution in [0.3, 0.4) is 0 Å². The third-order valence-electron chi connectivity index (χ3n) is 5.47. The fourth-order valence-electron chi connectivity index (χ4n) is 3.53. The van der Waals surface area contributed by atoms with Crippen LogP contribution in [0.1, 0.15) is 29.7 Å². The van der Waals surface area contributed by atoms with Gasteiger partial charge in [0.1, 0.15) is 0 Å². The molecule has 0 aliphatic carbocycles. The Kier molecular flexibility index (Phi) is 8.31. The van der Waals surface area contributed by atoms with Gasteiger partial charge in [-0.25, -0.2) is 8.42 Å². The van der Waals surface area contributed by atoms with Gasteiger partial charge in [-0.1, -0.05) is 54.1 Å². The van der Waals surface area contributed by atoms with E-state index in [-0.39, 0.29) is 24.0 Å². The molecule has 0 aliphatic heterocycles. The SMILES string of the molecule is COc1ccc(C(C)NC(=O)CN(Cc2ccccc2)S(=O)(=O)c2ccc(C)cc2)cc1OC. The third kappa shape index (κ3) is 6.15. The van der Waals surface area contributed by atoms with E-state index >= 15 is 0 Å². The molecule has 34 heavy (non-hydrogen) atoms. The highest BCUT2D eigenvalue weighted by Crippen LogP contribution is 2.30. The molecule has 0 bridgehead atoms. The molecule has 0 spiro atoms. The molecule has 0 aromatic heterocycles. The number of benzene rings is 3. The van der Waals surface area contributed by atoms with Crippen LogP contribution in [0, 0.1) is 6.92 Å². The number of carbonyl (C=O) groups excluding carboxylic acids is 1. The molecule has 180 valence electrons. The Morgan fingerprint density at radius 3 is 2.21 bits per heavy atom. The van der Waals surface area contributed by atoms with Gasteiger partial charge in [0, 0.05) is 6.54 Å². The maximum Gasteiger partial charge on any atom is 0.243 e. The Morgan fingerprint density at radius 2 is 1.59 bits per heavy atom. The maximum atomic E-state index is 13.4. The minimum Gasteiger partial charge on any atom is -0.493 e. The van der Waals surface area contributed by atoms with Crippen molar-refractivity contribution in [2.24, 2.45) is 0 Å². The first kappa shape index (κ1) is 25.3. The van der Waals surface area contributed by atoms with E-state index in [2.05, 4.69) is 5.32 Å². The van der Waals surface area contributed by atoms with Crippen LogP contribution < -0.4 is 14.8 Å². The van der Waals surface area contributed by atoms with E-state index in [0.29, 0.717) is 11.5 Å². The Hall–Kier alpha value is -3.36. The number of amides is 1. The third-order valence-corrected chi connectivity index (χ3v) is 7.27. The number of methoxy groups -OCH3 is 2. The van der Waals surface area contributed by atoms with E-state index in [1.807, 2.05) is 50.2 Å². The van der Waals surface area contributed by atoms with Crippen LogP contribution in [0.15, 0.2) is 77.7 Å². The quantitative estimate of drug-likeness (QED) is 0.471. The summed E-state index contributed by atoms with van der Waals surface area (Å²) >= 11 is 0. The van der Waals surface area contributed by atoms with Crippen molar-refractivity contribution in [3.63, 3.8) is 0 Å². The van der Waals surface area contributed by atoms with Crippen molar-refractivity contribution >= 4 is 15.9 Å². The topological polar surface area (TPSA) is 84.9 Å². The van der Waals surface area contributed by atoms with Gasteiger partial charge in [0.25, 0.3) is 0 Å². The van der Waals surface area contributed by atoms with E-state index < -0.39 is 15.9 Å². The second-order valence-corrected chi connectivity index (χ2v) is 9.91. The van der Waals surface area contributed by atoms with Crippen LogP contribution in [-0.2, 0) is 21.4 Å². The molecule has 3 aromatic carbocycles. The second-order valence-electron chi connectivity index (χ2n) is 7.98. The van der Waals surface area contributed by atoms with Gasteiger partial charge in [0.2, 0.25) is 15.9 Å². The zero-order valence-electron chi connectivity index (χ0n) is 19.8. The molecule has 1 amide bonds. The highest BCUT2D eigenvalue weighted by atomic mass is 32.2. The molecule has 1 N–H and O–H groups in total. The largest absolute Gasteiger partial charge is 0.493 e. The molecule has 1 unspecified atom stereocenters. The van der Waals surface area contributed by atoms with Gasteiger partial charge in [0.05, 0.1) is 31.7 Å². The smallest absolute Gasteiger partial charge is 0.243 e. The number of rotatable bonds is 10. The summed E-state index contributed by atoms with van der Waals surface area (Å²) < 4.78 is 38.6.